The lowest BCUT2D eigenvalue weighted by molar-refractivity contribution is -2.00. The Balaban J connectivity index is 0.000000597. The number of nitrogens with zero attached hydrogens (tertiary/aromatic N) is 4. The molecule has 0 saturated carbocycles. The average Bonchev–Trinajstić information content (AvgIpc) is 2.52. The quantitative estimate of drug-likeness (QED) is 0.242. The minimum Gasteiger partial charge on any atom is -0.378 e. The fourth-order valence-electron chi connectivity index (χ4n) is 1.77. The standard InChI is InChI=1S/C15H17N4O2.ClHO4/c1-12-4-7-15(19(20)21)11-18(12)16-10-13-5-8-14(9-6-13)17(2)3;2-1(3,4)5/h4-11H,1-3H3;(H,2,3,4,5)/q+1;/p-1/b16-10+;. The highest BCUT2D eigenvalue weighted by Gasteiger charge is 2.14. The van der Waals surface area contributed by atoms with E-state index in [4.69, 9.17) is 18.6 Å². The van der Waals surface area contributed by atoms with Crippen LogP contribution in [0.4, 0.5) is 11.4 Å². The Hall–Kier alpha value is -2.63. The molecule has 1 aromatic heterocycles. The van der Waals surface area contributed by atoms with Gasteiger partial charge in [-0.3, -0.25) is 10.1 Å². The summed E-state index contributed by atoms with van der Waals surface area (Å²) in [5, 5.41) is 15.0. The van der Waals surface area contributed by atoms with Gasteiger partial charge in [0.1, 0.15) is 6.21 Å². The molecular weight excluding hydrogens is 368 g/mol. The van der Waals surface area contributed by atoms with Crippen molar-refractivity contribution < 1.29 is 38.5 Å². The summed E-state index contributed by atoms with van der Waals surface area (Å²) in [6.07, 6.45) is 3.08. The highest BCUT2D eigenvalue weighted by molar-refractivity contribution is 5.79. The fraction of sp³-hybridized carbons (Fsp3) is 0.200. The van der Waals surface area contributed by atoms with Gasteiger partial charge < -0.3 is 4.90 Å². The van der Waals surface area contributed by atoms with Crippen LogP contribution >= 0.6 is 0 Å². The number of nitro groups is 1. The molecular formula is C15H17ClN4O6. The summed E-state index contributed by atoms with van der Waals surface area (Å²) >= 11 is 0. The fourth-order valence-corrected chi connectivity index (χ4v) is 1.77. The van der Waals surface area contributed by atoms with Crippen molar-refractivity contribution in [2.24, 2.45) is 5.10 Å². The lowest BCUT2D eigenvalue weighted by atomic mass is 10.2. The predicted octanol–water partition coefficient (Wildman–Crippen LogP) is -2.62. The Morgan fingerprint density at radius 2 is 1.62 bits per heavy atom. The first kappa shape index (κ1) is 21.4. The van der Waals surface area contributed by atoms with E-state index in [1.54, 1.807) is 12.3 Å². The van der Waals surface area contributed by atoms with Gasteiger partial charge in [-0.25, -0.2) is 18.6 Å². The van der Waals surface area contributed by atoms with E-state index in [2.05, 4.69) is 5.10 Å². The summed E-state index contributed by atoms with van der Waals surface area (Å²) in [5.41, 5.74) is 2.87. The number of aromatic nitrogens is 1. The molecule has 1 aromatic carbocycles. The smallest absolute Gasteiger partial charge is 0.335 e. The predicted molar refractivity (Wildman–Crippen MR) is 81.8 cm³/mol. The van der Waals surface area contributed by atoms with Crippen LogP contribution < -0.4 is 28.2 Å². The van der Waals surface area contributed by atoms with Gasteiger partial charge >= 0.3 is 5.69 Å². The molecule has 10 nitrogen and oxygen atoms in total. The monoisotopic (exact) mass is 384 g/mol. The zero-order valence-electron chi connectivity index (χ0n) is 14.2. The third kappa shape index (κ3) is 7.96. The number of aryl methyl sites for hydroxylation is 1. The van der Waals surface area contributed by atoms with Gasteiger partial charge in [0.2, 0.25) is 5.69 Å². The molecule has 0 radical (unpaired) electrons. The molecule has 26 heavy (non-hydrogen) atoms. The van der Waals surface area contributed by atoms with Crippen LogP contribution in [0.5, 0.6) is 0 Å². The Morgan fingerprint density at radius 1 is 1.08 bits per heavy atom. The van der Waals surface area contributed by atoms with Crippen LogP contribution in [0.2, 0.25) is 0 Å². The number of pyridine rings is 1. The molecule has 0 amide bonds. The van der Waals surface area contributed by atoms with Crippen molar-refractivity contribution in [1.29, 1.82) is 0 Å². The summed E-state index contributed by atoms with van der Waals surface area (Å²) in [7, 11) is -0.989. The van der Waals surface area contributed by atoms with E-state index >= 15 is 0 Å². The summed E-state index contributed by atoms with van der Waals surface area (Å²) in [6, 6.07) is 11.0. The minimum absolute atomic E-state index is 0.0145. The minimum atomic E-state index is -4.94. The van der Waals surface area contributed by atoms with Gasteiger partial charge in [0.15, 0.2) is 0 Å². The van der Waals surface area contributed by atoms with Gasteiger partial charge in [-0.1, -0.05) is 12.1 Å². The average molecular weight is 385 g/mol. The van der Waals surface area contributed by atoms with Crippen LogP contribution in [0, 0.1) is 27.3 Å². The summed E-state index contributed by atoms with van der Waals surface area (Å²) in [5.74, 6) is 0. The van der Waals surface area contributed by atoms with Crippen molar-refractivity contribution in [2.75, 3.05) is 19.0 Å². The first-order chi connectivity index (χ1) is 12.0. The van der Waals surface area contributed by atoms with Gasteiger partial charge in [0.25, 0.3) is 6.20 Å². The van der Waals surface area contributed by atoms with Crippen molar-refractivity contribution >= 4 is 17.6 Å². The van der Waals surface area contributed by atoms with E-state index in [1.165, 1.54) is 16.9 Å². The van der Waals surface area contributed by atoms with Gasteiger partial charge in [-0.15, -0.1) is 10.2 Å². The van der Waals surface area contributed by atoms with Gasteiger partial charge in [0.05, 0.1) is 4.92 Å². The number of hydrogen-bond donors (Lipinski definition) is 0. The SMILES string of the molecule is Cc1ccc([N+](=O)[O-])c[n+]1/N=C/c1ccc(N(C)C)cc1.[O-][Cl+3]([O-])([O-])[O-]. The third-order valence-corrected chi connectivity index (χ3v) is 3.06. The Labute approximate surface area is 151 Å². The molecule has 1 heterocycles. The number of halogens is 1. The molecule has 0 fully saturated rings. The molecule has 2 rings (SSSR count). The first-order valence-electron chi connectivity index (χ1n) is 7.07. The van der Waals surface area contributed by atoms with E-state index in [0.717, 1.165) is 16.9 Å². The maximum Gasteiger partial charge on any atom is 0.335 e. The van der Waals surface area contributed by atoms with Crippen molar-refractivity contribution in [3.05, 3.63) is 64.0 Å². The normalized spacial score (nSPS) is 11.0. The zero-order chi connectivity index (χ0) is 19.9. The molecule has 0 aliphatic rings. The van der Waals surface area contributed by atoms with Crippen molar-refractivity contribution in [3.63, 3.8) is 0 Å². The second-order valence-corrected chi connectivity index (χ2v) is 5.99. The zero-order valence-corrected chi connectivity index (χ0v) is 15.0. The highest BCUT2D eigenvalue weighted by Crippen LogP contribution is 2.11. The topological polar surface area (TPSA) is 155 Å². The molecule has 0 unspecified atom stereocenters. The number of hydrogen-bond acceptors (Lipinski definition) is 8. The van der Waals surface area contributed by atoms with Crippen LogP contribution in [0.15, 0.2) is 47.7 Å². The van der Waals surface area contributed by atoms with Crippen LogP contribution in [-0.2, 0) is 0 Å². The molecule has 0 aliphatic carbocycles. The lowest BCUT2D eigenvalue weighted by Crippen LogP contribution is -2.68. The molecule has 0 aliphatic heterocycles. The van der Waals surface area contributed by atoms with E-state index in [1.807, 2.05) is 50.2 Å². The molecule has 0 spiro atoms. The third-order valence-electron chi connectivity index (χ3n) is 3.06. The summed E-state index contributed by atoms with van der Waals surface area (Å²) in [4.78, 5) is 12.4. The van der Waals surface area contributed by atoms with E-state index in [0.29, 0.717) is 0 Å². The molecule has 0 bridgehead atoms. The molecule has 0 atom stereocenters. The molecule has 140 valence electrons. The Morgan fingerprint density at radius 3 is 2.08 bits per heavy atom. The van der Waals surface area contributed by atoms with Crippen molar-refractivity contribution in [1.82, 2.24) is 0 Å². The van der Waals surface area contributed by atoms with Gasteiger partial charge in [-0.05, 0) is 27.5 Å². The lowest BCUT2D eigenvalue weighted by Gasteiger charge is -2.17. The Bertz CT molecular complexity index is 769. The molecule has 2 aromatic rings. The van der Waals surface area contributed by atoms with E-state index < -0.39 is 15.2 Å². The summed E-state index contributed by atoms with van der Waals surface area (Å²) in [6.45, 7) is 1.84. The molecule has 11 heteroatoms. The van der Waals surface area contributed by atoms with Crippen molar-refractivity contribution in [2.45, 2.75) is 6.92 Å². The molecule has 0 saturated heterocycles. The summed E-state index contributed by atoms with van der Waals surface area (Å²) < 4.78 is 35.5. The van der Waals surface area contributed by atoms with E-state index in [9.17, 15) is 10.1 Å². The van der Waals surface area contributed by atoms with Crippen LogP contribution in [0.1, 0.15) is 11.3 Å². The maximum atomic E-state index is 10.8. The van der Waals surface area contributed by atoms with Crippen LogP contribution in [0.25, 0.3) is 0 Å². The maximum absolute atomic E-state index is 10.8. The second-order valence-electron chi connectivity index (χ2n) is 5.24. The largest absolute Gasteiger partial charge is 0.378 e. The Kier molecular flexibility index (Phi) is 7.56. The van der Waals surface area contributed by atoms with Crippen LogP contribution in [0.3, 0.4) is 0 Å². The van der Waals surface area contributed by atoms with E-state index in [-0.39, 0.29) is 5.69 Å². The van der Waals surface area contributed by atoms with Crippen LogP contribution in [-0.4, -0.2) is 25.2 Å². The van der Waals surface area contributed by atoms with Gasteiger partial charge in [-0.2, -0.15) is 0 Å². The second kappa shape index (κ2) is 9.17. The number of benzene rings is 1. The first-order valence-corrected chi connectivity index (χ1v) is 8.31. The number of anilines is 1. The highest BCUT2D eigenvalue weighted by atomic mass is 35.7. The number of rotatable bonds is 4. The molecule has 0 N–H and O–H groups in total. The van der Waals surface area contributed by atoms with Crippen molar-refractivity contribution in [3.8, 4) is 0 Å². The van der Waals surface area contributed by atoms with Gasteiger partial charge in [0, 0.05) is 38.8 Å².